The molecule has 23 heavy (non-hydrogen) atoms. The van der Waals surface area contributed by atoms with Crippen LogP contribution in [0.4, 0.5) is 0 Å². The van der Waals surface area contributed by atoms with Crippen LogP contribution in [-0.4, -0.2) is 24.4 Å². The molecule has 2 heteroatoms. The van der Waals surface area contributed by atoms with Crippen molar-refractivity contribution in [3.63, 3.8) is 0 Å². The first-order chi connectivity index (χ1) is 10.7. The Balaban J connectivity index is 2.12. The Morgan fingerprint density at radius 3 is 2.48 bits per heavy atom. The maximum Gasteiger partial charge on any atom is 0.0872 e. The highest BCUT2D eigenvalue weighted by Gasteiger charge is 2.57. The lowest BCUT2D eigenvalue weighted by Gasteiger charge is -2.59. The predicted molar refractivity (Wildman–Crippen MR) is 95.2 cm³/mol. The van der Waals surface area contributed by atoms with Crippen LogP contribution >= 0.6 is 0 Å². The van der Waals surface area contributed by atoms with Gasteiger partial charge >= 0.3 is 0 Å². The maximum absolute atomic E-state index is 11.1. The fourth-order valence-corrected chi connectivity index (χ4v) is 6.46. The highest BCUT2D eigenvalue weighted by atomic mass is 16.5. The number of aliphatic hydroxyl groups excluding tert-OH is 1. The van der Waals surface area contributed by atoms with Crippen LogP contribution in [0.5, 0.6) is 0 Å². The maximum atomic E-state index is 11.1. The highest BCUT2D eigenvalue weighted by molar-refractivity contribution is 5.37. The number of methoxy groups -OCH3 is 1. The van der Waals surface area contributed by atoms with Crippen molar-refractivity contribution in [1.29, 1.82) is 0 Å². The third-order valence-electron chi connectivity index (χ3n) is 7.47. The van der Waals surface area contributed by atoms with Crippen molar-refractivity contribution >= 4 is 0 Å². The monoisotopic (exact) mass is 318 g/mol. The van der Waals surface area contributed by atoms with Crippen molar-refractivity contribution in [2.75, 3.05) is 7.11 Å². The standard InChI is InChI=1S/C21H34O2/c1-7-20(4)12-9-15-14(18(20)23-6)13-16(22)17-19(2,3)10-8-11-21(15,17)5/h7,16-18,22H,1,8-13H2,2-6H3/t16-,17+,18+,20+,21-/m1/s1. The SMILES string of the molecule is C=C[C@@]1(C)CCC2=C(C[C@@H](O)[C@H]3C(C)(C)CCC[C@]23C)[C@@H]1OC. The molecule has 3 aliphatic rings. The van der Waals surface area contributed by atoms with E-state index in [1.807, 2.05) is 7.11 Å². The van der Waals surface area contributed by atoms with E-state index in [-0.39, 0.29) is 28.5 Å². The molecule has 0 aromatic carbocycles. The molecule has 0 aliphatic heterocycles. The topological polar surface area (TPSA) is 29.5 Å². The van der Waals surface area contributed by atoms with Gasteiger partial charge in [-0.1, -0.05) is 45.8 Å². The van der Waals surface area contributed by atoms with Crippen molar-refractivity contribution in [2.45, 2.75) is 78.4 Å². The van der Waals surface area contributed by atoms with Gasteiger partial charge in [-0.15, -0.1) is 6.58 Å². The molecule has 1 N–H and O–H groups in total. The minimum Gasteiger partial charge on any atom is -0.392 e. The zero-order valence-electron chi connectivity index (χ0n) is 15.6. The lowest BCUT2D eigenvalue weighted by Crippen LogP contribution is -2.55. The first kappa shape index (κ1) is 17.2. The average molecular weight is 319 g/mol. The van der Waals surface area contributed by atoms with Gasteiger partial charge in [0.2, 0.25) is 0 Å². The third-order valence-corrected chi connectivity index (χ3v) is 7.47. The molecule has 0 heterocycles. The summed E-state index contributed by atoms with van der Waals surface area (Å²) >= 11 is 0. The van der Waals surface area contributed by atoms with Crippen molar-refractivity contribution in [2.24, 2.45) is 22.2 Å². The quantitative estimate of drug-likeness (QED) is 0.735. The van der Waals surface area contributed by atoms with Crippen LogP contribution in [0.15, 0.2) is 23.8 Å². The molecule has 2 nitrogen and oxygen atoms in total. The highest BCUT2D eigenvalue weighted by Crippen LogP contribution is 2.63. The van der Waals surface area contributed by atoms with Gasteiger partial charge in [-0.05, 0) is 54.4 Å². The molecule has 0 radical (unpaired) electrons. The zero-order chi connectivity index (χ0) is 17.0. The van der Waals surface area contributed by atoms with E-state index in [0.29, 0.717) is 5.92 Å². The zero-order valence-corrected chi connectivity index (χ0v) is 15.6. The summed E-state index contributed by atoms with van der Waals surface area (Å²) in [4.78, 5) is 0. The molecular formula is C21H34O2. The molecule has 0 unspecified atom stereocenters. The van der Waals surface area contributed by atoms with E-state index in [9.17, 15) is 5.11 Å². The van der Waals surface area contributed by atoms with Crippen LogP contribution < -0.4 is 0 Å². The fraction of sp³-hybridized carbons (Fsp3) is 0.810. The van der Waals surface area contributed by atoms with Crippen LogP contribution in [0.1, 0.15) is 66.2 Å². The summed E-state index contributed by atoms with van der Waals surface area (Å²) in [6.07, 6.45) is 8.60. The van der Waals surface area contributed by atoms with Crippen molar-refractivity contribution in [1.82, 2.24) is 0 Å². The summed E-state index contributed by atoms with van der Waals surface area (Å²) in [7, 11) is 1.81. The van der Waals surface area contributed by atoms with Crippen LogP contribution in [-0.2, 0) is 4.74 Å². The summed E-state index contributed by atoms with van der Waals surface area (Å²) < 4.78 is 5.95. The largest absolute Gasteiger partial charge is 0.392 e. The van der Waals surface area contributed by atoms with E-state index in [2.05, 4.69) is 40.3 Å². The van der Waals surface area contributed by atoms with Gasteiger partial charge in [-0.3, -0.25) is 0 Å². The van der Waals surface area contributed by atoms with Crippen molar-refractivity contribution in [3.05, 3.63) is 23.8 Å². The summed E-state index contributed by atoms with van der Waals surface area (Å²) in [5, 5.41) is 11.1. The van der Waals surface area contributed by atoms with Crippen molar-refractivity contribution < 1.29 is 9.84 Å². The van der Waals surface area contributed by atoms with Crippen molar-refractivity contribution in [3.8, 4) is 0 Å². The van der Waals surface area contributed by atoms with Crippen LogP contribution in [0.3, 0.4) is 0 Å². The van der Waals surface area contributed by atoms with Gasteiger partial charge in [0.05, 0.1) is 12.2 Å². The molecule has 1 fully saturated rings. The van der Waals surface area contributed by atoms with Gasteiger partial charge < -0.3 is 9.84 Å². The Kier molecular flexibility index (Phi) is 4.09. The number of allylic oxidation sites excluding steroid dienone is 1. The number of fused-ring (bicyclic) bond motifs is 2. The fourth-order valence-electron chi connectivity index (χ4n) is 6.46. The second-order valence-electron chi connectivity index (χ2n) is 9.34. The Morgan fingerprint density at radius 2 is 1.87 bits per heavy atom. The van der Waals surface area contributed by atoms with E-state index >= 15 is 0 Å². The second kappa shape index (κ2) is 5.46. The summed E-state index contributed by atoms with van der Waals surface area (Å²) in [6.45, 7) is 13.4. The minimum atomic E-state index is -0.251. The van der Waals surface area contributed by atoms with Crippen LogP contribution in [0, 0.1) is 22.2 Å². The molecule has 0 spiro atoms. The Labute approximate surface area is 142 Å². The molecule has 3 rings (SSSR count). The lowest BCUT2D eigenvalue weighted by molar-refractivity contribution is -0.0871. The summed E-state index contributed by atoms with van der Waals surface area (Å²) in [5.41, 5.74) is 3.32. The van der Waals surface area contributed by atoms with E-state index < -0.39 is 0 Å². The van der Waals surface area contributed by atoms with Gasteiger partial charge in [0.1, 0.15) is 0 Å². The molecule has 0 aromatic heterocycles. The number of rotatable bonds is 2. The van der Waals surface area contributed by atoms with Gasteiger partial charge in [-0.2, -0.15) is 0 Å². The molecule has 0 bridgehead atoms. The second-order valence-corrected chi connectivity index (χ2v) is 9.34. The summed E-state index contributed by atoms with van der Waals surface area (Å²) in [6, 6.07) is 0. The molecule has 5 atom stereocenters. The number of aliphatic hydroxyl groups is 1. The van der Waals surface area contributed by atoms with Gasteiger partial charge in [0.25, 0.3) is 0 Å². The van der Waals surface area contributed by atoms with Crippen LogP contribution in [0.2, 0.25) is 0 Å². The van der Waals surface area contributed by atoms with Gasteiger partial charge in [-0.25, -0.2) is 0 Å². The van der Waals surface area contributed by atoms with E-state index in [4.69, 9.17) is 4.74 Å². The molecule has 0 aromatic rings. The Bertz CT molecular complexity index is 532. The number of hydrogen-bond acceptors (Lipinski definition) is 2. The summed E-state index contributed by atoms with van der Waals surface area (Å²) in [5.74, 6) is 0.369. The first-order valence-electron chi connectivity index (χ1n) is 9.26. The van der Waals surface area contributed by atoms with E-state index in [0.717, 1.165) is 19.3 Å². The lowest BCUT2D eigenvalue weighted by atomic mass is 9.47. The third kappa shape index (κ3) is 2.36. The normalized spacial score (nSPS) is 46.1. The van der Waals surface area contributed by atoms with Gasteiger partial charge in [0.15, 0.2) is 0 Å². The first-order valence-corrected chi connectivity index (χ1v) is 9.26. The molecule has 130 valence electrons. The molecule has 0 amide bonds. The molecule has 3 aliphatic carbocycles. The minimum absolute atomic E-state index is 0.0132. The predicted octanol–water partition coefficient (Wildman–Crippen LogP) is 4.88. The average Bonchev–Trinajstić information content (AvgIpc) is 2.45. The Morgan fingerprint density at radius 1 is 1.17 bits per heavy atom. The molecule has 1 saturated carbocycles. The van der Waals surface area contributed by atoms with Crippen LogP contribution in [0.25, 0.3) is 0 Å². The Hall–Kier alpha value is -0.600. The number of ether oxygens (including phenoxy) is 1. The number of hydrogen-bond donors (Lipinski definition) is 1. The smallest absolute Gasteiger partial charge is 0.0872 e. The molecule has 0 saturated heterocycles. The molecular weight excluding hydrogens is 284 g/mol. The van der Waals surface area contributed by atoms with E-state index in [1.165, 1.54) is 24.8 Å². The van der Waals surface area contributed by atoms with E-state index in [1.54, 1.807) is 5.57 Å². The van der Waals surface area contributed by atoms with Gasteiger partial charge in [0, 0.05) is 12.5 Å².